The van der Waals surface area contributed by atoms with E-state index in [1.165, 1.54) is 0 Å². The van der Waals surface area contributed by atoms with E-state index in [-0.39, 0.29) is 24.9 Å². The van der Waals surface area contributed by atoms with Crippen LogP contribution in [0.2, 0.25) is 0 Å². The molecule has 6 rings (SSSR count). The molecule has 0 spiro atoms. The number of benzene rings is 2. The number of hydrogen-bond acceptors (Lipinski definition) is 7. The highest BCUT2D eigenvalue weighted by atomic mass is 19.3. The first kappa shape index (κ1) is 28.8. The second kappa shape index (κ2) is 12.5. The van der Waals surface area contributed by atoms with Gasteiger partial charge in [0.1, 0.15) is 29.2 Å². The molecule has 2 aromatic heterocycles. The van der Waals surface area contributed by atoms with Crippen LogP contribution in [0.4, 0.5) is 8.78 Å². The predicted molar refractivity (Wildman–Crippen MR) is 157 cm³/mol. The van der Waals surface area contributed by atoms with E-state index in [1.807, 2.05) is 41.3 Å². The smallest absolute Gasteiger partial charge is 0.251 e. The highest BCUT2D eigenvalue weighted by molar-refractivity contribution is 5.95. The number of fused-ring (bicyclic) bond motifs is 1. The lowest BCUT2D eigenvalue weighted by Gasteiger charge is -2.31. The van der Waals surface area contributed by atoms with Gasteiger partial charge in [-0.25, -0.2) is 8.78 Å². The van der Waals surface area contributed by atoms with Gasteiger partial charge >= 0.3 is 0 Å². The minimum Gasteiger partial charge on any atom is -0.489 e. The van der Waals surface area contributed by atoms with Crippen LogP contribution in [0.1, 0.15) is 41.6 Å². The Morgan fingerprint density at radius 3 is 2.56 bits per heavy atom. The zero-order chi connectivity index (χ0) is 29.8. The van der Waals surface area contributed by atoms with E-state index in [1.54, 1.807) is 24.4 Å². The van der Waals surface area contributed by atoms with Gasteiger partial charge in [0.25, 0.3) is 11.8 Å². The van der Waals surface area contributed by atoms with Crippen LogP contribution in [0, 0.1) is 11.3 Å². The summed E-state index contributed by atoms with van der Waals surface area (Å²) in [5, 5.41) is 12.7. The van der Waals surface area contributed by atoms with Crippen molar-refractivity contribution in [2.75, 3.05) is 39.4 Å². The number of carbonyl (C=O) groups excluding carboxylic acids is 1. The fourth-order valence-corrected chi connectivity index (χ4v) is 5.49. The number of likely N-dealkylation sites (tertiary alicyclic amines) is 1. The number of amides is 1. The number of nitrogens with zero attached hydrogens (tertiary/aromatic N) is 3. The van der Waals surface area contributed by atoms with Gasteiger partial charge in [0.05, 0.1) is 18.8 Å². The molecule has 222 valence electrons. The molecule has 43 heavy (non-hydrogen) atoms. The van der Waals surface area contributed by atoms with Gasteiger partial charge in [-0.05, 0) is 35.9 Å². The number of nitrogens with one attached hydrogen (secondary N) is 1. The predicted octanol–water partition coefficient (Wildman–Crippen LogP) is 6.05. The molecular formula is C33H32F2N4O4. The van der Waals surface area contributed by atoms with Gasteiger partial charge in [-0.3, -0.25) is 9.78 Å². The Morgan fingerprint density at radius 1 is 1.07 bits per heavy atom. The highest BCUT2D eigenvalue weighted by Crippen LogP contribution is 2.36. The second-order valence-corrected chi connectivity index (χ2v) is 11.0. The summed E-state index contributed by atoms with van der Waals surface area (Å²) in [5.74, 6) is -1.64. The lowest BCUT2D eigenvalue weighted by Crippen LogP contribution is -2.43. The van der Waals surface area contributed by atoms with Gasteiger partial charge in [0, 0.05) is 80.8 Å². The number of alkyl halides is 2. The van der Waals surface area contributed by atoms with Crippen LogP contribution in [0.25, 0.3) is 33.6 Å². The number of piperidine rings is 1. The molecule has 8 nitrogen and oxygen atoms in total. The molecule has 0 unspecified atom stereocenters. The summed E-state index contributed by atoms with van der Waals surface area (Å²) < 4.78 is 44.5. The van der Waals surface area contributed by atoms with Gasteiger partial charge in [-0.2, -0.15) is 5.26 Å². The van der Waals surface area contributed by atoms with E-state index in [0.29, 0.717) is 73.1 Å². The summed E-state index contributed by atoms with van der Waals surface area (Å²) in [6.45, 7) is 2.91. The minimum absolute atomic E-state index is 0.0299. The molecule has 2 fully saturated rings. The molecule has 0 saturated carbocycles. The van der Waals surface area contributed by atoms with Crippen LogP contribution >= 0.6 is 0 Å². The van der Waals surface area contributed by atoms with Crippen LogP contribution in [-0.2, 0) is 4.74 Å². The number of ether oxygens (including phenoxy) is 2. The van der Waals surface area contributed by atoms with E-state index in [2.05, 4.69) is 16.4 Å². The van der Waals surface area contributed by atoms with E-state index >= 15 is 0 Å². The van der Waals surface area contributed by atoms with E-state index < -0.39 is 5.92 Å². The third-order valence-electron chi connectivity index (χ3n) is 8.02. The topological polar surface area (TPSA) is 101 Å². The van der Waals surface area contributed by atoms with Crippen molar-refractivity contribution in [3.8, 4) is 34.3 Å². The van der Waals surface area contributed by atoms with Crippen LogP contribution in [0.3, 0.4) is 0 Å². The molecule has 0 aliphatic carbocycles. The van der Waals surface area contributed by atoms with Crippen molar-refractivity contribution in [1.29, 1.82) is 5.26 Å². The third kappa shape index (κ3) is 6.69. The summed E-state index contributed by atoms with van der Waals surface area (Å²) in [4.78, 5) is 19.1. The first-order valence-corrected chi connectivity index (χ1v) is 14.5. The Labute approximate surface area is 248 Å². The number of hydrogen-bond donors (Lipinski definition) is 1. The normalized spacial score (nSPS) is 17.4. The van der Waals surface area contributed by atoms with Crippen LogP contribution in [-0.4, -0.2) is 67.2 Å². The van der Waals surface area contributed by atoms with Gasteiger partial charge in [-0.15, -0.1) is 0 Å². The largest absolute Gasteiger partial charge is 0.489 e. The lowest BCUT2D eigenvalue weighted by atomic mass is 10.0. The lowest BCUT2D eigenvalue weighted by molar-refractivity contribution is -0.0547. The molecule has 2 saturated heterocycles. The minimum atomic E-state index is -2.58. The zero-order valence-corrected chi connectivity index (χ0v) is 23.7. The Balaban J connectivity index is 1.13. The molecule has 1 N–H and O–H groups in total. The molecule has 4 aromatic rings. The molecular weight excluding hydrogens is 554 g/mol. The monoisotopic (exact) mass is 586 g/mol. The van der Waals surface area contributed by atoms with E-state index in [0.717, 1.165) is 29.5 Å². The van der Waals surface area contributed by atoms with E-state index in [9.17, 15) is 18.8 Å². The fraction of sp³-hybridized carbons (Fsp3) is 0.364. The number of aromatic nitrogens is 1. The Hall–Kier alpha value is -4.33. The molecule has 10 heteroatoms. The van der Waals surface area contributed by atoms with Gasteiger partial charge in [0.2, 0.25) is 0 Å². The molecule has 2 aromatic carbocycles. The van der Waals surface area contributed by atoms with Crippen molar-refractivity contribution < 1.29 is 27.5 Å². The first-order chi connectivity index (χ1) is 20.9. The maximum Gasteiger partial charge on any atom is 0.251 e. The van der Waals surface area contributed by atoms with Crippen molar-refractivity contribution >= 4 is 17.0 Å². The van der Waals surface area contributed by atoms with E-state index in [4.69, 9.17) is 13.9 Å². The fourth-order valence-electron chi connectivity index (χ4n) is 5.49. The summed E-state index contributed by atoms with van der Waals surface area (Å²) in [6, 6.07) is 18.6. The number of halogens is 2. The van der Waals surface area contributed by atoms with Gasteiger partial charge < -0.3 is 24.1 Å². The molecule has 4 heterocycles. The van der Waals surface area contributed by atoms with Crippen LogP contribution in [0.15, 0.2) is 65.2 Å². The summed E-state index contributed by atoms with van der Waals surface area (Å²) in [6.07, 6.45) is 3.05. The van der Waals surface area contributed by atoms with Crippen molar-refractivity contribution in [2.24, 2.45) is 0 Å². The van der Waals surface area contributed by atoms with Crippen molar-refractivity contribution in [3.05, 3.63) is 71.9 Å². The Bertz CT molecular complexity index is 1630. The Kier molecular flexibility index (Phi) is 8.36. The first-order valence-electron chi connectivity index (χ1n) is 14.5. The molecule has 0 bridgehead atoms. The van der Waals surface area contributed by atoms with Gasteiger partial charge in [-0.1, -0.05) is 18.2 Å². The maximum atomic E-state index is 13.3. The average molecular weight is 587 g/mol. The number of rotatable bonds is 8. The number of furan rings is 1. The van der Waals surface area contributed by atoms with Crippen LogP contribution < -0.4 is 10.1 Å². The van der Waals surface area contributed by atoms with Gasteiger partial charge in [0.15, 0.2) is 5.58 Å². The van der Waals surface area contributed by atoms with Crippen LogP contribution in [0.5, 0.6) is 5.75 Å². The summed E-state index contributed by atoms with van der Waals surface area (Å²) >= 11 is 0. The van der Waals surface area contributed by atoms with Crippen molar-refractivity contribution in [3.63, 3.8) is 0 Å². The SMILES string of the molecule is N#Cc1cc(-c2ccnc3cc(-c4ccc(C(=O)NCCN5CCC(F)(F)CC5)cc4)oc23)ccc1OC1CCOCC1. The molecule has 0 radical (unpaired) electrons. The zero-order valence-electron chi connectivity index (χ0n) is 23.7. The standard InChI is InChI=1S/C33H32F2N4O4/c34-33(35)10-14-39(15-11-33)16-13-38-32(40)23-3-1-22(2-4-23)30-20-28-31(43-30)27(7-12-37-28)24-5-6-29(25(19-24)21-36)42-26-8-17-41-18-9-26/h1-7,12,19-20,26H,8-11,13-18H2,(H,38,40). The summed E-state index contributed by atoms with van der Waals surface area (Å²) in [5.41, 5.74) is 4.62. The average Bonchev–Trinajstić information content (AvgIpc) is 3.47. The number of carbonyl (C=O) groups is 1. The summed E-state index contributed by atoms with van der Waals surface area (Å²) in [7, 11) is 0. The Morgan fingerprint density at radius 2 is 1.81 bits per heavy atom. The second-order valence-electron chi connectivity index (χ2n) is 11.0. The molecule has 2 aliphatic rings. The van der Waals surface area contributed by atoms with Crippen molar-refractivity contribution in [1.82, 2.24) is 15.2 Å². The molecule has 0 atom stereocenters. The molecule has 1 amide bonds. The molecule has 2 aliphatic heterocycles. The number of nitriles is 1. The highest BCUT2D eigenvalue weighted by Gasteiger charge is 2.33. The number of pyridine rings is 1. The van der Waals surface area contributed by atoms with Crippen molar-refractivity contribution in [2.45, 2.75) is 37.7 Å². The maximum absolute atomic E-state index is 13.3. The third-order valence-corrected chi connectivity index (χ3v) is 8.02. The quantitative estimate of drug-likeness (QED) is 0.268.